The minimum absolute atomic E-state index is 0.197. The van der Waals surface area contributed by atoms with Gasteiger partial charge in [0.2, 0.25) is 0 Å². The Balaban J connectivity index is 2.75. The molecule has 1 aliphatic rings. The molecule has 58 valence electrons. The second-order valence-electron chi connectivity index (χ2n) is 2.49. The number of hydrogen-bond acceptors (Lipinski definition) is 2. The highest BCUT2D eigenvalue weighted by molar-refractivity contribution is 5.95. The molecular weight excluding hydrogens is 146 g/mol. The van der Waals surface area contributed by atoms with E-state index in [0.29, 0.717) is 12.2 Å². The molecule has 5 nitrogen and oxygen atoms in total. The summed E-state index contributed by atoms with van der Waals surface area (Å²) in [6.07, 6.45) is 0. The lowest BCUT2D eigenvalue weighted by Gasteiger charge is -1.92. The van der Waals surface area contributed by atoms with E-state index in [4.69, 9.17) is 0 Å². The van der Waals surface area contributed by atoms with Crippen molar-refractivity contribution in [3.8, 4) is 0 Å². The van der Waals surface area contributed by atoms with Crippen molar-refractivity contribution in [1.29, 1.82) is 0 Å². The number of fused-ring (bicyclic) bond motifs is 1. The number of aromatic nitrogens is 2. The molecule has 0 aliphatic carbocycles. The molecule has 0 radical (unpaired) electrons. The maximum Gasteiger partial charge on any atom is 0.326 e. The number of amides is 1. The molecule has 2 N–H and O–H groups in total. The number of nitrogens with one attached hydrogen (secondary N) is 2. The van der Waals surface area contributed by atoms with Crippen LogP contribution in [0.15, 0.2) is 4.79 Å². The van der Waals surface area contributed by atoms with Crippen LogP contribution in [0.25, 0.3) is 0 Å². The summed E-state index contributed by atoms with van der Waals surface area (Å²) in [6, 6.07) is 0. The largest absolute Gasteiger partial charge is 0.345 e. The molecule has 0 atom stereocenters. The topological polar surface area (TPSA) is 66.9 Å². The third-order valence-corrected chi connectivity index (χ3v) is 1.87. The molecule has 0 unspecified atom stereocenters. The first-order valence-corrected chi connectivity index (χ1v) is 3.26. The van der Waals surface area contributed by atoms with Gasteiger partial charge in [0.1, 0.15) is 5.69 Å². The lowest BCUT2D eigenvalue weighted by atomic mass is 10.4. The molecule has 0 spiro atoms. The van der Waals surface area contributed by atoms with Gasteiger partial charge in [-0.15, -0.1) is 0 Å². The van der Waals surface area contributed by atoms with Crippen molar-refractivity contribution in [2.45, 2.75) is 6.54 Å². The van der Waals surface area contributed by atoms with Crippen LogP contribution in [0.4, 0.5) is 0 Å². The van der Waals surface area contributed by atoms with Crippen LogP contribution in [0.3, 0.4) is 0 Å². The van der Waals surface area contributed by atoms with Crippen molar-refractivity contribution >= 4 is 5.91 Å². The van der Waals surface area contributed by atoms with E-state index >= 15 is 0 Å². The number of aromatic amines is 1. The van der Waals surface area contributed by atoms with Crippen LogP contribution in [-0.4, -0.2) is 15.5 Å². The summed E-state index contributed by atoms with van der Waals surface area (Å²) in [5, 5.41) is 2.60. The van der Waals surface area contributed by atoms with Crippen molar-refractivity contribution < 1.29 is 4.79 Å². The Morgan fingerprint density at radius 1 is 1.45 bits per heavy atom. The van der Waals surface area contributed by atoms with E-state index in [1.54, 1.807) is 7.05 Å². The van der Waals surface area contributed by atoms with Crippen LogP contribution < -0.4 is 11.0 Å². The fourth-order valence-electron chi connectivity index (χ4n) is 1.20. The van der Waals surface area contributed by atoms with E-state index < -0.39 is 0 Å². The third kappa shape index (κ3) is 0.646. The molecule has 0 fully saturated rings. The summed E-state index contributed by atoms with van der Waals surface area (Å²) in [7, 11) is 1.64. The van der Waals surface area contributed by atoms with Gasteiger partial charge in [-0.05, 0) is 0 Å². The van der Waals surface area contributed by atoms with E-state index in [1.165, 1.54) is 4.57 Å². The average Bonchev–Trinajstić information content (AvgIpc) is 2.43. The number of hydrogen-bond donors (Lipinski definition) is 2. The number of carbonyl (C=O) groups is 1. The van der Waals surface area contributed by atoms with Crippen molar-refractivity contribution in [2.24, 2.45) is 7.05 Å². The second kappa shape index (κ2) is 1.75. The van der Waals surface area contributed by atoms with Crippen LogP contribution in [0.2, 0.25) is 0 Å². The zero-order valence-corrected chi connectivity index (χ0v) is 5.97. The molecule has 0 saturated heterocycles. The van der Waals surface area contributed by atoms with Crippen LogP contribution in [0.5, 0.6) is 0 Å². The monoisotopic (exact) mass is 153 g/mol. The van der Waals surface area contributed by atoms with Gasteiger partial charge in [-0.2, -0.15) is 0 Å². The lowest BCUT2D eigenvalue weighted by Crippen LogP contribution is -2.21. The summed E-state index contributed by atoms with van der Waals surface area (Å²) >= 11 is 0. The normalized spacial score (nSPS) is 14.8. The molecule has 0 bridgehead atoms. The van der Waals surface area contributed by atoms with Gasteiger partial charge in [0.15, 0.2) is 0 Å². The molecule has 2 heterocycles. The van der Waals surface area contributed by atoms with Gasteiger partial charge in [0, 0.05) is 7.05 Å². The standard InChI is InChI=1S/C6H7N3O2/c1-9-3-2-7-5(10)4(3)8-6(9)11/h2H2,1H3,(H,7,10)(H,8,11). The fourth-order valence-corrected chi connectivity index (χ4v) is 1.20. The number of nitrogens with zero attached hydrogens (tertiary/aromatic N) is 1. The maximum atomic E-state index is 10.9. The summed E-state index contributed by atoms with van der Waals surface area (Å²) < 4.78 is 1.44. The summed E-state index contributed by atoms with van der Waals surface area (Å²) in [4.78, 5) is 24.3. The van der Waals surface area contributed by atoms with Gasteiger partial charge in [0.05, 0.1) is 12.2 Å². The Bertz CT molecular complexity index is 374. The fraction of sp³-hybridized carbons (Fsp3) is 0.333. The van der Waals surface area contributed by atoms with E-state index in [1.807, 2.05) is 0 Å². The highest BCUT2D eigenvalue weighted by Crippen LogP contribution is 2.08. The van der Waals surface area contributed by atoms with Gasteiger partial charge in [-0.25, -0.2) is 4.79 Å². The Hall–Kier alpha value is -1.52. The van der Waals surface area contributed by atoms with Crippen molar-refractivity contribution in [1.82, 2.24) is 14.9 Å². The molecular formula is C6H7N3O2. The molecule has 1 aliphatic heterocycles. The zero-order chi connectivity index (χ0) is 8.01. The van der Waals surface area contributed by atoms with Crippen LogP contribution in [0.1, 0.15) is 16.2 Å². The second-order valence-corrected chi connectivity index (χ2v) is 2.49. The number of rotatable bonds is 0. The van der Waals surface area contributed by atoms with Gasteiger partial charge < -0.3 is 10.3 Å². The maximum absolute atomic E-state index is 10.9. The summed E-state index contributed by atoms with van der Waals surface area (Å²) in [6.45, 7) is 0.448. The Morgan fingerprint density at radius 3 is 2.82 bits per heavy atom. The van der Waals surface area contributed by atoms with Gasteiger partial charge in [-0.3, -0.25) is 9.36 Å². The highest BCUT2D eigenvalue weighted by atomic mass is 16.2. The molecule has 1 aromatic rings. The van der Waals surface area contributed by atoms with Crippen LogP contribution in [-0.2, 0) is 13.6 Å². The predicted molar refractivity (Wildman–Crippen MR) is 37.2 cm³/mol. The molecule has 0 saturated carbocycles. The minimum Gasteiger partial charge on any atom is -0.345 e. The molecule has 1 aromatic heterocycles. The Morgan fingerprint density at radius 2 is 2.18 bits per heavy atom. The number of carbonyl (C=O) groups excluding carboxylic acids is 1. The number of imidazole rings is 1. The van der Waals surface area contributed by atoms with Crippen molar-refractivity contribution in [3.05, 3.63) is 21.9 Å². The quantitative estimate of drug-likeness (QED) is 0.499. The molecule has 11 heavy (non-hydrogen) atoms. The van der Waals surface area contributed by atoms with Crippen molar-refractivity contribution in [2.75, 3.05) is 0 Å². The SMILES string of the molecule is Cn1c2c([nH]c1=O)C(=O)NC2. The molecule has 5 heteroatoms. The molecule has 0 aromatic carbocycles. The first-order valence-electron chi connectivity index (χ1n) is 3.26. The third-order valence-electron chi connectivity index (χ3n) is 1.87. The molecule has 1 amide bonds. The summed E-state index contributed by atoms with van der Waals surface area (Å²) in [5.74, 6) is -0.197. The number of H-pyrrole nitrogens is 1. The van der Waals surface area contributed by atoms with E-state index in [-0.39, 0.29) is 11.6 Å². The van der Waals surface area contributed by atoms with Crippen LogP contribution in [0, 0.1) is 0 Å². The van der Waals surface area contributed by atoms with E-state index in [0.717, 1.165) is 5.69 Å². The molecule has 2 rings (SSSR count). The average molecular weight is 153 g/mol. The Labute approximate surface area is 62.0 Å². The van der Waals surface area contributed by atoms with E-state index in [9.17, 15) is 9.59 Å². The smallest absolute Gasteiger partial charge is 0.326 e. The van der Waals surface area contributed by atoms with Crippen LogP contribution >= 0.6 is 0 Å². The lowest BCUT2D eigenvalue weighted by molar-refractivity contribution is 0.0961. The van der Waals surface area contributed by atoms with Crippen molar-refractivity contribution in [3.63, 3.8) is 0 Å². The summed E-state index contributed by atoms with van der Waals surface area (Å²) in [5.41, 5.74) is 0.905. The van der Waals surface area contributed by atoms with Gasteiger partial charge in [0.25, 0.3) is 5.91 Å². The minimum atomic E-state index is -0.232. The zero-order valence-electron chi connectivity index (χ0n) is 5.97. The highest BCUT2D eigenvalue weighted by Gasteiger charge is 2.23. The predicted octanol–water partition coefficient (Wildman–Crippen LogP) is -1.04. The first kappa shape index (κ1) is 6.21. The Kier molecular flexibility index (Phi) is 0.986. The van der Waals surface area contributed by atoms with Gasteiger partial charge >= 0.3 is 5.69 Å². The van der Waals surface area contributed by atoms with Gasteiger partial charge in [-0.1, -0.05) is 0 Å². The van der Waals surface area contributed by atoms with E-state index in [2.05, 4.69) is 10.3 Å². The first-order chi connectivity index (χ1) is 5.20.